The van der Waals surface area contributed by atoms with Gasteiger partial charge in [-0.1, -0.05) is 13.8 Å². The molecule has 108 valence electrons. The molecule has 0 aliphatic carbocycles. The minimum absolute atomic E-state index is 0.432. The zero-order chi connectivity index (χ0) is 14.1. The Morgan fingerprint density at radius 1 is 1.45 bits per heavy atom. The number of nitrogens with zero attached hydrogens (tertiary/aromatic N) is 3. The summed E-state index contributed by atoms with van der Waals surface area (Å²) in [6.07, 6.45) is 6.00. The fourth-order valence-electron chi connectivity index (χ4n) is 2.79. The molecule has 0 spiro atoms. The molecule has 3 heterocycles. The van der Waals surface area contributed by atoms with Gasteiger partial charge in [-0.05, 0) is 38.3 Å². The molecule has 5 nitrogen and oxygen atoms in total. The van der Waals surface area contributed by atoms with Crippen LogP contribution in [0, 0.1) is 0 Å². The number of nitrogens with one attached hydrogen (secondary N) is 2. The number of rotatable bonds is 3. The first-order valence-electron chi connectivity index (χ1n) is 7.47. The lowest BCUT2D eigenvalue weighted by Gasteiger charge is -2.29. The smallest absolute Gasteiger partial charge is 0.152 e. The lowest BCUT2D eigenvalue weighted by molar-refractivity contribution is 0.396. The molecule has 0 radical (unpaired) electrons. The molecule has 0 aromatic carbocycles. The first-order chi connectivity index (χ1) is 9.63. The molecule has 1 fully saturated rings. The Morgan fingerprint density at radius 2 is 2.30 bits per heavy atom. The summed E-state index contributed by atoms with van der Waals surface area (Å²) in [6, 6.07) is 3.20. The summed E-state index contributed by atoms with van der Waals surface area (Å²) >= 11 is 0. The van der Waals surface area contributed by atoms with Crippen LogP contribution in [-0.2, 0) is 0 Å². The Morgan fingerprint density at radius 3 is 3.05 bits per heavy atom. The molecule has 1 aliphatic rings. The molecule has 0 saturated carbocycles. The topological polar surface area (TPSA) is 54.2 Å². The van der Waals surface area contributed by atoms with Crippen LogP contribution in [0.25, 0.3) is 5.52 Å². The first-order valence-corrected chi connectivity index (χ1v) is 7.47. The Balaban J connectivity index is 1.87. The quantitative estimate of drug-likeness (QED) is 0.901. The van der Waals surface area contributed by atoms with Crippen LogP contribution in [0.5, 0.6) is 0 Å². The Bertz CT molecular complexity index is 589. The average molecular weight is 273 g/mol. The molecule has 0 bridgehead atoms. The van der Waals surface area contributed by atoms with Gasteiger partial charge < -0.3 is 10.6 Å². The van der Waals surface area contributed by atoms with Gasteiger partial charge in [-0.25, -0.2) is 9.50 Å². The third kappa shape index (κ3) is 2.63. The van der Waals surface area contributed by atoms with Crippen molar-refractivity contribution in [3.05, 3.63) is 24.2 Å². The van der Waals surface area contributed by atoms with Gasteiger partial charge in [-0.15, -0.1) is 0 Å². The lowest BCUT2D eigenvalue weighted by atomic mass is 10.0. The van der Waals surface area contributed by atoms with Crippen molar-refractivity contribution in [1.29, 1.82) is 0 Å². The Kier molecular flexibility index (Phi) is 3.61. The van der Waals surface area contributed by atoms with Crippen molar-refractivity contribution in [1.82, 2.24) is 19.9 Å². The second-order valence-corrected chi connectivity index (χ2v) is 6.05. The van der Waals surface area contributed by atoms with Crippen molar-refractivity contribution in [3.8, 4) is 0 Å². The largest absolute Gasteiger partial charge is 0.365 e. The van der Waals surface area contributed by atoms with Crippen molar-refractivity contribution < 1.29 is 0 Å². The maximum atomic E-state index is 4.61. The highest BCUT2D eigenvalue weighted by Crippen LogP contribution is 2.22. The first kappa shape index (κ1) is 13.4. The van der Waals surface area contributed by atoms with Crippen LogP contribution in [0.4, 0.5) is 5.82 Å². The minimum Gasteiger partial charge on any atom is -0.365 e. The summed E-state index contributed by atoms with van der Waals surface area (Å²) in [5.74, 6) is 1.38. The molecule has 2 aromatic heterocycles. The Labute approximate surface area is 119 Å². The SMILES string of the molecule is CC1CC(Nc2nccn3nc(C(C)C)cc23)CCN1. The standard InChI is InChI=1S/C15H23N5/c1-10(2)13-9-14-15(17-6-7-20(14)19-13)18-12-4-5-16-11(3)8-12/h6-7,9-12,16H,4-5,8H2,1-3H3,(H,17,18). The zero-order valence-electron chi connectivity index (χ0n) is 12.4. The van der Waals surface area contributed by atoms with Gasteiger partial charge in [-0.2, -0.15) is 5.10 Å². The van der Waals surface area contributed by atoms with Crippen molar-refractivity contribution in [3.63, 3.8) is 0 Å². The molecule has 2 aromatic rings. The van der Waals surface area contributed by atoms with Gasteiger partial charge in [0.05, 0.1) is 5.69 Å². The molecule has 2 unspecified atom stereocenters. The minimum atomic E-state index is 0.432. The number of piperidine rings is 1. The van der Waals surface area contributed by atoms with Crippen LogP contribution in [-0.4, -0.2) is 33.2 Å². The number of aromatic nitrogens is 3. The van der Waals surface area contributed by atoms with E-state index < -0.39 is 0 Å². The second-order valence-electron chi connectivity index (χ2n) is 6.05. The van der Waals surface area contributed by atoms with E-state index in [0.29, 0.717) is 18.0 Å². The fraction of sp³-hybridized carbons (Fsp3) is 0.600. The van der Waals surface area contributed by atoms with E-state index in [0.717, 1.165) is 36.4 Å². The molecule has 0 amide bonds. The van der Waals surface area contributed by atoms with Gasteiger partial charge in [0.25, 0.3) is 0 Å². The average Bonchev–Trinajstić information content (AvgIpc) is 2.84. The van der Waals surface area contributed by atoms with E-state index in [1.165, 1.54) is 0 Å². The third-order valence-corrected chi connectivity index (χ3v) is 3.96. The second kappa shape index (κ2) is 5.40. The highest BCUT2D eigenvalue weighted by molar-refractivity contribution is 5.68. The molecule has 2 N–H and O–H groups in total. The normalized spacial score (nSPS) is 23.4. The van der Waals surface area contributed by atoms with E-state index >= 15 is 0 Å². The number of anilines is 1. The van der Waals surface area contributed by atoms with E-state index in [-0.39, 0.29) is 0 Å². The summed E-state index contributed by atoms with van der Waals surface area (Å²) in [5, 5.41) is 11.7. The van der Waals surface area contributed by atoms with Crippen LogP contribution >= 0.6 is 0 Å². The predicted molar refractivity (Wildman–Crippen MR) is 81.2 cm³/mol. The van der Waals surface area contributed by atoms with Crippen molar-refractivity contribution in [2.24, 2.45) is 0 Å². The maximum Gasteiger partial charge on any atom is 0.152 e. The molecule has 5 heteroatoms. The van der Waals surface area contributed by atoms with Crippen LogP contribution in [0.15, 0.2) is 18.5 Å². The molecule has 3 rings (SSSR count). The van der Waals surface area contributed by atoms with Crippen molar-refractivity contribution in [2.75, 3.05) is 11.9 Å². The number of fused-ring (bicyclic) bond motifs is 1. The molecule has 1 saturated heterocycles. The van der Waals surface area contributed by atoms with Gasteiger partial charge in [0.15, 0.2) is 5.82 Å². The van der Waals surface area contributed by atoms with Gasteiger partial charge in [-0.3, -0.25) is 0 Å². The molecule has 2 atom stereocenters. The summed E-state index contributed by atoms with van der Waals surface area (Å²) in [4.78, 5) is 4.51. The van der Waals surface area contributed by atoms with Gasteiger partial charge >= 0.3 is 0 Å². The maximum absolute atomic E-state index is 4.61. The summed E-state index contributed by atoms with van der Waals surface area (Å²) in [7, 11) is 0. The summed E-state index contributed by atoms with van der Waals surface area (Å²) in [6.45, 7) is 7.63. The van der Waals surface area contributed by atoms with Crippen molar-refractivity contribution >= 4 is 11.3 Å². The highest BCUT2D eigenvalue weighted by atomic mass is 15.2. The van der Waals surface area contributed by atoms with Crippen LogP contribution in [0.1, 0.15) is 45.2 Å². The number of hydrogen-bond donors (Lipinski definition) is 2. The van der Waals surface area contributed by atoms with E-state index in [9.17, 15) is 0 Å². The molecular formula is C15H23N5. The lowest BCUT2D eigenvalue weighted by Crippen LogP contribution is -2.41. The van der Waals surface area contributed by atoms with Crippen molar-refractivity contribution in [2.45, 2.75) is 51.6 Å². The zero-order valence-corrected chi connectivity index (χ0v) is 12.4. The van der Waals surface area contributed by atoms with Crippen LogP contribution in [0.3, 0.4) is 0 Å². The van der Waals surface area contributed by atoms with E-state index in [1.807, 2.05) is 16.9 Å². The summed E-state index contributed by atoms with van der Waals surface area (Å²) < 4.78 is 1.93. The molecule has 1 aliphatic heterocycles. The monoisotopic (exact) mass is 273 g/mol. The van der Waals surface area contributed by atoms with Gasteiger partial charge in [0.2, 0.25) is 0 Å². The predicted octanol–water partition coefficient (Wildman–Crippen LogP) is 2.41. The van der Waals surface area contributed by atoms with Gasteiger partial charge in [0, 0.05) is 24.5 Å². The third-order valence-electron chi connectivity index (χ3n) is 3.96. The van der Waals surface area contributed by atoms with Crippen LogP contribution < -0.4 is 10.6 Å². The van der Waals surface area contributed by atoms with E-state index in [1.54, 1.807) is 0 Å². The Hall–Kier alpha value is -1.62. The molecular weight excluding hydrogens is 250 g/mol. The fourth-order valence-corrected chi connectivity index (χ4v) is 2.79. The van der Waals surface area contributed by atoms with E-state index in [4.69, 9.17) is 0 Å². The molecule has 20 heavy (non-hydrogen) atoms. The highest BCUT2D eigenvalue weighted by Gasteiger charge is 2.19. The summed E-state index contributed by atoms with van der Waals surface area (Å²) in [5.41, 5.74) is 2.18. The van der Waals surface area contributed by atoms with Crippen LogP contribution in [0.2, 0.25) is 0 Å². The number of hydrogen-bond acceptors (Lipinski definition) is 4. The van der Waals surface area contributed by atoms with E-state index in [2.05, 4.69) is 47.6 Å². The van der Waals surface area contributed by atoms with Gasteiger partial charge in [0.1, 0.15) is 5.52 Å².